The smallest absolute Gasteiger partial charge is 0.0394 e. The molecule has 86 valence electrons. The highest BCUT2D eigenvalue weighted by molar-refractivity contribution is 4.67. The molecule has 0 aromatic heterocycles. The lowest BCUT2D eigenvalue weighted by molar-refractivity contribution is 0.263. The quantitative estimate of drug-likeness (QED) is 0.532. The van der Waals surface area contributed by atoms with E-state index in [2.05, 4.69) is 41.5 Å². The molecule has 0 aliphatic heterocycles. The molecule has 0 aliphatic rings. The van der Waals surface area contributed by atoms with Gasteiger partial charge in [0, 0.05) is 0 Å². The van der Waals surface area contributed by atoms with Crippen molar-refractivity contribution in [1.29, 1.82) is 0 Å². The van der Waals surface area contributed by atoms with E-state index in [9.17, 15) is 0 Å². The molecule has 0 saturated heterocycles. The topological polar surface area (TPSA) is 0 Å². The van der Waals surface area contributed by atoms with Crippen molar-refractivity contribution in [2.24, 2.45) is 23.7 Å². The van der Waals surface area contributed by atoms with Gasteiger partial charge in [0.05, 0.1) is 0 Å². The van der Waals surface area contributed by atoms with Crippen LogP contribution in [0.5, 0.6) is 0 Å². The van der Waals surface area contributed by atoms with Gasteiger partial charge in [0.2, 0.25) is 0 Å². The first-order valence-electron chi connectivity index (χ1n) is 6.51. The van der Waals surface area contributed by atoms with Gasteiger partial charge in [-0.2, -0.15) is 0 Å². The summed E-state index contributed by atoms with van der Waals surface area (Å²) >= 11 is 0. The molecule has 0 radical (unpaired) electrons. The van der Waals surface area contributed by atoms with Crippen LogP contribution >= 0.6 is 0 Å². The van der Waals surface area contributed by atoms with E-state index >= 15 is 0 Å². The van der Waals surface area contributed by atoms with Crippen molar-refractivity contribution in [3.05, 3.63) is 0 Å². The Bertz CT molecular complexity index is 122. The van der Waals surface area contributed by atoms with E-state index in [4.69, 9.17) is 0 Å². The first kappa shape index (κ1) is 14.0. The Labute approximate surface area is 91.5 Å². The largest absolute Gasteiger partial charge is 0.0651 e. The lowest BCUT2D eigenvalue weighted by atomic mass is 9.81. The molecule has 0 saturated carbocycles. The van der Waals surface area contributed by atoms with Crippen LogP contribution in [0, 0.1) is 23.7 Å². The molecule has 0 N–H and O–H groups in total. The zero-order valence-electron chi connectivity index (χ0n) is 11.1. The Kier molecular flexibility index (Phi) is 7.31. The van der Waals surface area contributed by atoms with Gasteiger partial charge >= 0.3 is 0 Å². The third-order valence-electron chi connectivity index (χ3n) is 3.50. The van der Waals surface area contributed by atoms with Crippen LogP contribution in [0.2, 0.25) is 0 Å². The molecule has 0 aromatic carbocycles. The predicted molar refractivity (Wildman–Crippen MR) is 66.5 cm³/mol. The second-order valence-corrected chi connectivity index (χ2v) is 5.52. The van der Waals surface area contributed by atoms with E-state index in [1.165, 1.54) is 25.7 Å². The van der Waals surface area contributed by atoms with Crippen molar-refractivity contribution in [3.8, 4) is 0 Å². The van der Waals surface area contributed by atoms with Crippen LogP contribution in [0.4, 0.5) is 0 Å². The first-order chi connectivity index (χ1) is 6.51. The summed E-state index contributed by atoms with van der Waals surface area (Å²) in [5, 5.41) is 0. The molecule has 2 atom stereocenters. The molecule has 0 bridgehead atoms. The number of hydrogen-bond acceptors (Lipinski definition) is 0. The molecule has 0 aliphatic carbocycles. The van der Waals surface area contributed by atoms with Crippen LogP contribution < -0.4 is 0 Å². The van der Waals surface area contributed by atoms with E-state index in [-0.39, 0.29) is 0 Å². The predicted octanol–water partition coefficient (Wildman–Crippen LogP) is 5.13. The molecule has 0 amide bonds. The maximum Gasteiger partial charge on any atom is -0.0394 e. The highest BCUT2D eigenvalue weighted by Crippen LogP contribution is 2.27. The molecule has 0 aromatic rings. The van der Waals surface area contributed by atoms with Gasteiger partial charge in [-0.1, -0.05) is 54.4 Å². The summed E-state index contributed by atoms with van der Waals surface area (Å²) in [5.41, 5.74) is 0. The fraction of sp³-hybridized carbons (Fsp3) is 1.00. The average molecular weight is 198 g/mol. The van der Waals surface area contributed by atoms with Crippen LogP contribution in [-0.4, -0.2) is 0 Å². The Morgan fingerprint density at radius 2 is 1.29 bits per heavy atom. The maximum absolute atomic E-state index is 2.44. The Balaban J connectivity index is 3.84. The van der Waals surface area contributed by atoms with Gasteiger partial charge in [0.1, 0.15) is 0 Å². The molecule has 0 nitrogen and oxygen atoms in total. The third-order valence-corrected chi connectivity index (χ3v) is 3.50. The van der Waals surface area contributed by atoms with Gasteiger partial charge in [0.25, 0.3) is 0 Å². The van der Waals surface area contributed by atoms with Crippen LogP contribution in [0.15, 0.2) is 0 Å². The molecule has 0 fully saturated rings. The fourth-order valence-electron chi connectivity index (χ4n) is 2.82. The Hall–Kier alpha value is 0. The minimum absolute atomic E-state index is 0.860. The molecule has 2 unspecified atom stereocenters. The number of hydrogen-bond donors (Lipinski definition) is 0. The van der Waals surface area contributed by atoms with Crippen LogP contribution in [0.1, 0.15) is 67.2 Å². The van der Waals surface area contributed by atoms with Crippen molar-refractivity contribution < 1.29 is 0 Å². The third kappa shape index (κ3) is 5.67. The van der Waals surface area contributed by atoms with Gasteiger partial charge in [-0.25, -0.2) is 0 Å². The van der Waals surface area contributed by atoms with Gasteiger partial charge in [-0.3, -0.25) is 0 Å². The average Bonchev–Trinajstić information content (AvgIpc) is 2.04. The molecule has 0 heterocycles. The molecular formula is C14H30. The van der Waals surface area contributed by atoms with Crippen molar-refractivity contribution in [2.75, 3.05) is 0 Å². The van der Waals surface area contributed by atoms with Gasteiger partial charge < -0.3 is 0 Å². The maximum atomic E-state index is 2.44. The van der Waals surface area contributed by atoms with Crippen LogP contribution in [0.3, 0.4) is 0 Å². The molecule has 0 heteroatoms. The van der Waals surface area contributed by atoms with Crippen LogP contribution in [-0.2, 0) is 0 Å². The van der Waals surface area contributed by atoms with Crippen molar-refractivity contribution in [1.82, 2.24) is 0 Å². The molecular weight excluding hydrogens is 168 g/mol. The summed E-state index contributed by atoms with van der Waals surface area (Å²) < 4.78 is 0. The Morgan fingerprint density at radius 1 is 0.786 bits per heavy atom. The number of rotatable bonds is 7. The van der Waals surface area contributed by atoms with Crippen molar-refractivity contribution in [3.63, 3.8) is 0 Å². The standard InChI is InChI=1S/C14H30/c1-7-14(8-2)13(6)10-12(5)9-11(3)4/h11-14H,7-10H2,1-6H3. The SMILES string of the molecule is CCC(CC)C(C)CC(C)CC(C)C. The summed E-state index contributed by atoms with van der Waals surface area (Å²) in [6, 6.07) is 0. The zero-order chi connectivity index (χ0) is 11.1. The van der Waals surface area contributed by atoms with E-state index in [0.29, 0.717) is 0 Å². The molecule has 0 spiro atoms. The first-order valence-corrected chi connectivity index (χ1v) is 6.51. The van der Waals surface area contributed by atoms with E-state index in [1.807, 2.05) is 0 Å². The van der Waals surface area contributed by atoms with Crippen molar-refractivity contribution in [2.45, 2.75) is 67.2 Å². The van der Waals surface area contributed by atoms with E-state index in [0.717, 1.165) is 23.7 Å². The summed E-state index contributed by atoms with van der Waals surface area (Å²) in [6.07, 6.45) is 5.52. The lowest BCUT2D eigenvalue weighted by Crippen LogP contribution is -2.14. The van der Waals surface area contributed by atoms with Gasteiger partial charge in [-0.05, 0) is 36.5 Å². The lowest BCUT2D eigenvalue weighted by Gasteiger charge is -2.25. The normalized spacial score (nSPS) is 16.3. The molecule has 14 heavy (non-hydrogen) atoms. The Morgan fingerprint density at radius 3 is 1.64 bits per heavy atom. The van der Waals surface area contributed by atoms with Gasteiger partial charge in [0.15, 0.2) is 0 Å². The highest BCUT2D eigenvalue weighted by Gasteiger charge is 2.16. The van der Waals surface area contributed by atoms with Crippen molar-refractivity contribution >= 4 is 0 Å². The second kappa shape index (κ2) is 7.31. The minimum atomic E-state index is 0.860. The van der Waals surface area contributed by atoms with E-state index in [1.54, 1.807) is 0 Å². The fourth-order valence-corrected chi connectivity index (χ4v) is 2.82. The molecule has 0 rings (SSSR count). The minimum Gasteiger partial charge on any atom is -0.0651 e. The summed E-state index contributed by atoms with van der Waals surface area (Å²) in [4.78, 5) is 0. The summed E-state index contributed by atoms with van der Waals surface area (Å²) in [5.74, 6) is 3.63. The monoisotopic (exact) mass is 198 g/mol. The van der Waals surface area contributed by atoms with Gasteiger partial charge in [-0.15, -0.1) is 0 Å². The van der Waals surface area contributed by atoms with Crippen LogP contribution in [0.25, 0.3) is 0 Å². The summed E-state index contributed by atoms with van der Waals surface area (Å²) in [6.45, 7) is 14.2. The van der Waals surface area contributed by atoms with E-state index < -0.39 is 0 Å². The second-order valence-electron chi connectivity index (χ2n) is 5.52. The zero-order valence-corrected chi connectivity index (χ0v) is 11.1. The summed E-state index contributed by atoms with van der Waals surface area (Å²) in [7, 11) is 0. The highest BCUT2D eigenvalue weighted by atomic mass is 14.2.